The molecule has 0 atom stereocenters. The maximum absolute atomic E-state index is 12.4. The number of ether oxygens (including phenoxy) is 2. The fraction of sp³-hybridized carbons (Fsp3) is 0.231. The Labute approximate surface area is 204 Å². The predicted octanol–water partition coefficient (Wildman–Crippen LogP) is 5.59. The lowest BCUT2D eigenvalue weighted by Gasteiger charge is -2.12. The molecule has 0 heterocycles. The Morgan fingerprint density at radius 3 is 2.24 bits per heavy atom. The number of hydrogen-bond acceptors (Lipinski definition) is 5. The summed E-state index contributed by atoms with van der Waals surface area (Å²) in [6, 6.07) is 21.8. The normalized spacial score (nSPS) is 10.3. The molecule has 0 unspecified atom stereocenters. The lowest BCUT2D eigenvalue weighted by molar-refractivity contribution is -0.116. The standard InChI is InChI=1S/C26H28ClN3O4/c1-2-7-25(31)29-20-12-13-23(27)24(17-20)28-18-26(32)30-19-8-6-11-22(16-19)34-15-14-33-21-9-4-3-5-10-21/h3-6,8-13,16-17,28H,2,7,14-15,18H2,1H3,(H,29,31)(H,30,32). The number of para-hydroxylation sites is 1. The topological polar surface area (TPSA) is 88.7 Å². The second-order valence-corrected chi connectivity index (χ2v) is 7.84. The molecule has 0 bridgehead atoms. The Bertz CT molecular complexity index is 1090. The van der Waals surface area contributed by atoms with Crippen LogP contribution in [0.5, 0.6) is 11.5 Å². The van der Waals surface area contributed by atoms with Crippen molar-refractivity contribution in [2.45, 2.75) is 19.8 Å². The van der Waals surface area contributed by atoms with Gasteiger partial charge in [-0.05, 0) is 48.9 Å². The van der Waals surface area contributed by atoms with E-state index in [0.29, 0.717) is 47.5 Å². The number of halogens is 1. The molecule has 0 aliphatic heterocycles. The minimum Gasteiger partial charge on any atom is -0.490 e. The summed E-state index contributed by atoms with van der Waals surface area (Å²) in [4.78, 5) is 24.2. The van der Waals surface area contributed by atoms with Crippen molar-refractivity contribution in [1.29, 1.82) is 0 Å². The third-order valence-corrected chi connectivity index (χ3v) is 4.98. The van der Waals surface area contributed by atoms with Crippen LogP contribution in [-0.4, -0.2) is 31.6 Å². The third-order valence-electron chi connectivity index (χ3n) is 4.65. The average molecular weight is 482 g/mol. The molecule has 0 spiro atoms. The van der Waals surface area contributed by atoms with Gasteiger partial charge in [-0.25, -0.2) is 0 Å². The van der Waals surface area contributed by atoms with Crippen molar-refractivity contribution in [3.05, 3.63) is 77.8 Å². The molecule has 0 aliphatic carbocycles. The van der Waals surface area contributed by atoms with Gasteiger partial charge in [-0.15, -0.1) is 0 Å². The monoisotopic (exact) mass is 481 g/mol. The van der Waals surface area contributed by atoms with E-state index in [1.807, 2.05) is 43.3 Å². The van der Waals surface area contributed by atoms with E-state index in [0.717, 1.165) is 12.2 Å². The molecule has 3 N–H and O–H groups in total. The highest BCUT2D eigenvalue weighted by molar-refractivity contribution is 6.33. The summed E-state index contributed by atoms with van der Waals surface area (Å²) in [5.74, 6) is 1.10. The minimum atomic E-state index is -0.249. The Morgan fingerprint density at radius 2 is 1.47 bits per heavy atom. The lowest BCUT2D eigenvalue weighted by Crippen LogP contribution is -2.22. The van der Waals surface area contributed by atoms with Gasteiger partial charge in [0.05, 0.1) is 17.3 Å². The summed E-state index contributed by atoms with van der Waals surface area (Å²) in [5.41, 5.74) is 1.79. The zero-order chi connectivity index (χ0) is 24.2. The lowest BCUT2D eigenvalue weighted by atomic mass is 10.2. The van der Waals surface area contributed by atoms with Crippen LogP contribution in [0.2, 0.25) is 5.02 Å². The molecule has 3 aromatic carbocycles. The Morgan fingerprint density at radius 1 is 0.794 bits per heavy atom. The fourth-order valence-electron chi connectivity index (χ4n) is 3.07. The molecule has 3 rings (SSSR count). The van der Waals surface area contributed by atoms with Gasteiger partial charge in [0, 0.05) is 23.9 Å². The number of nitrogens with one attached hydrogen (secondary N) is 3. The highest BCUT2D eigenvalue weighted by Crippen LogP contribution is 2.25. The number of carbonyl (C=O) groups excluding carboxylic acids is 2. The van der Waals surface area contributed by atoms with Crippen molar-refractivity contribution in [1.82, 2.24) is 0 Å². The van der Waals surface area contributed by atoms with Crippen molar-refractivity contribution < 1.29 is 19.1 Å². The molecule has 178 valence electrons. The predicted molar refractivity (Wildman–Crippen MR) is 136 cm³/mol. The van der Waals surface area contributed by atoms with Gasteiger partial charge in [0.2, 0.25) is 11.8 Å². The van der Waals surface area contributed by atoms with Gasteiger partial charge < -0.3 is 25.4 Å². The summed E-state index contributed by atoms with van der Waals surface area (Å²) in [6.45, 7) is 2.72. The number of amides is 2. The van der Waals surface area contributed by atoms with Gasteiger partial charge >= 0.3 is 0 Å². The van der Waals surface area contributed by atoms with Gasteiger partial charge in [-0.1, -0.05) is 42.8 Å². The molecule has 0 saturated heterocycles. The zero-order valence-corrected chi connectivity index (χ0v) is 19.7. The Kier molecular flexibility index (Phi) is 9.61. The number of hydrogen-bond donors (Lipinski definition) is 3. The summed E-state index contributed by atoms with van der Waals surface area (Å²) >= 11 is 6.22. The van der Waals surface area contributed by atoms with Crippen molar-refractivity contribution >= 4 is 40.5 Å². The SMILES string of the molecule is CCCC(=O)Nc1ccc(Cl)c(NCC(=O)Nc2cccc(OCCOc3ccccc3)c2)c1. The number of benzene rings is 3. The minimum absolute atomic E-state index is 0.00206. The van der Waals surface area contributed by atoms with Gasteiger partial charge in [0.25, 0.3) is 0 Å². The van der Waals surface area contributed by atoms with E-state index >= 15 is 0 Å². The molecule has 34 heavy (non-hydrogen) atoms. The van der Waals surface area contributed by atoms with Crippen molar-refractivity contribution in [2.24, 2.45) is 0 Å². The first kappa shape index (κ1) is 24.9. The van der Waals surface area contributed by atoms with E-state index < -0.39 is 0 Å². The van der Waals surface area contributed by atoms with Gasteiger partial charge in [0.1, 0.15) is 24.7 Å². The second-order valence-electron chi connectivity index (χ2n) is 7.43. The van der Waals surface area contributed by atoms with Crippen molar-refractivity contribution in [3.63, 3.8) is 0 Å². The maximum atomic E-state index is 12.4. The van der Waals surface area contributed by atoms with Crippen LogP contribution in [0, 0.1) is 0 Å². The molecular weight excluding hydrogens is 454 g/mol. The van der Waals surface area contributed by atoms with E-state index in [1.165, 1.54) is 0 Å². The molecule has 3 aromatic rings. The van der Waals surface area contributed by atoms with E-state index in [2.05, 4.69) is 16.0 Å². The summed E-state index contributed by atoms with van der Waals surface area (Å²) in [6.07, 6.45) is 1.20. The van der Waals surface area contributed by atoms with Gasteiger partial charge in [0.15, 0.2) is 0 Å². The molecule has 2 amide bonds. The molecular formula is C26H28ClN3O4. The first-order valence-electron chi connectivity index (χ1n) is 11.1. The molecule has 0 aromatic heterocycles. The first-order valence-corrected chi connectivity index (χ1v) is 11.4. The van der Waals surface area contributed by atoms with Crippen LogP contribution in [0.3, 0.4) is 0 Å². The van der Waals surface area contributed by atoms with Crippen molar-refractivity contribution in [3.8, 4) is 11.5 Å². The number of anilines is 3. The third kappa shape index (κ3) is 8.33. The van der Waals surface area contributed by atoms with Crippen LogP contribution >= 0.6 is 11.6 Å². The van der Waals surface area contributed by atoms with Crippen LogP contribution in [0.25, 0.3) is 0 Å². The maximum Gasteiger partial charge on any atom is 0.243 e. The fourth-order valence-corrected chi connectivity index (χ4v) is 3.25. The van der Waals surface area contributed by atoms with Crippen LogP contribution in [-0.2, 0) is 9.59 Å². The molecule has 0 radical (unpaired) electrons. The van der Waals surface area contributed by atoms with Crippen molar-refractivity contribution in [2.75, 3.05) is 35.7 Å². The summed E-state index contributed by atoms with van der Waals surface area (Å²) < 4.78 is 11.3. The Balaban J connectivity index is 1.46. The quantitative estimate of drug-likeness (QED) is 0.293. The highest BCUT2D eigenvalue weighted by atomic mass is 35.5. The summed E-state index contributed by atoms with van der Waals surface area (Å²) in [7, 11) is 0. The Hall–Kier alpha value is -3.71. The van der Waals surface area contributed by atoms with Crippen LogP contribution in [0.1, 0.15) is 19.8 Å². The smallest absolute Gasteiger partial charge is 0.243 e. The van der Waals surface area contributed by atoms with Gasteiger partial charge in [-0.3, -0.25) is 9.59 Å². The summed E-state index contributed by atoms with van der Waals surface area (Å²) in [5, 5.41) is 9.10. The molecule has 8 heteroatoms. The second kappa shape index (κ2) is 13.1. The van der Waals surface area contributed by atoms with Gasteiger partial charge in [-0.2, -0.15) is 0 Å². The molecule has 0 fully saturated rings. The first-order chi connectivity index (χ1) is 16.5. The molecule has 0 aliphatic rings. The van der Waals surface area contributed by atoms with E-state index in [1.54, 1.807) is 36.4 Å². The van der Waals surface area contributed by atoms with E-state index in [-0.39, 0.29) is 18.4 Å². The number of carbonyl (C=O) groups is 2. The largest absolute Gasteiger partial charge is 0.490 e. The van der Waals surface area contributed by atoms with Crippen LogP contribution < -0.4 is 25.4 Å². The highest BCUT2D eigenvalue weighted by Gasteiger charge is 2.08. The zero-order valence-electron chi connectivity index (χ0n) is 19.0. The molecule has 0 saturated carbocycles. The van der Waals surface area contributed by atoms with E-state index in [9.17, 15) is 9.59 Å². The van der Waals surface area contributed by atoms with Crippen LogP contribution in [0.15, 0.2) is 72.8 Å². The van der Waals surface area contributed by atoms with E-state index in [4.69, 9.17) is 21.1 Å². The molecule has 7 nitrogen and oxygen atoms in total. The number of rotatable bonds is 12. The average Bonchev–Trinajstić information content (AvgIpc) is 2.83. The van der Waals surface area contributed by atoms with Crippen LogP contribution in [0.4, 0.5) is 17.1 Å².